The molecule has 0 bridgehead atoms. The Morgan fingerprint density at radius 2 is 2.04 bits per heavy atom. The normalized spacial score (nSPS) is 17.9. The van der Waals surface area contributed by atoms with Gasteiger partial charge in [-0.1, -0.05) is 17.3 Å². The fourth-order valence-corrected chi connectivity index (χ4v) is 3.77. The van der Waals surface area contributed by atoms with E-state index in [1.165, 1.54) is 23.9 Å². The van der Waals surface area contributed by atoms with E-state index < -0.39 is 11.7 Å². The molecule has 1 fully saturated rings. The fourth-order valence-electron chi connectivity index (χ4n) is 2.62. The summed E-state index contributed by atoms with van der Waals surface area (Å²) in [7, 11) is 1.57. The molecule has 1 aliphatic rings. The second-order valence-corrected chi connectivity index (χ2v) is 6.85. The number of amides is 1. The van der Waals surface area contributed by atoms with Gasteiger partial charge < -0.3 is 9.64 Å². The number of carbonyl (C=O) groups excluding carboxylic acids is 1. The van der Waals surface area contributed by atoms with E-state index in [1.807, 2.05) is 0 Å². The second-order valence-electron chi connectivity index (χ2n) is 5.78. The Morgan fingerprint density at radius 1 is 1.31 bits per heavy atom. The van der Waals surface area contributed by atoms with Gasteiger partial charge in [0.15, 0.2) is 0 Å². The van der Waals surface area contributed by atoms with Crippen molar-refractivity contribution in [2.45, 2.75) is 18.1 Å². The third-order valence-corrected chi connectivity index (χ3v) is 5.16. The highest BCUT2D eigenvalue weighted by Crippen LogP contribution is 2.37. The van der Waals surface area contributed by atoms with Crippen molar-refractivity contribution < 1.29 is 22.7 Å². The number of nitrogens with zero attached hydrogens (tertiary/aromatic N) is 4. The lowest BCUT2D eigenvalue weighted by Gasteiger charge is -2.21. The first kappa shape index (κ1) is 18.7. The highest BCUT2D eigenvalue weighted by molar-refractivity contribution is 8.00. The summed E-state index contributed by atoms with van der Waals surface area (Å²) < 4.78 is 44.4. The maximum atomic E-state index is 12.6. The van der Waals surface area contributed by atoms with E-state index in [9.17, 15) is 18.0 Å². The van der Waals surface area contributed by atoms with Crippen LogP contribution in [-0.2, 0) is 22.3 Å². The predicted molar refractivity (Wildman–Crippen MR) is 89.4 cm³/mol. The van der Waals surface area contributed by atoms with E-state index in [2.05, 4.69) is 10.3 Å². The minimum absolute atomic E-state index is 0.0225. The van der Waals surface area contributed by atoms with Crippen LogP contribution in [0.5, 0.6) is 0 Å². The third kappa shape index (κ3) is 4.18. The molecule has 2 aromatic rings. The van der Waals surface area contributed by atoms with Gasteiger partial charge in [0.1, 0.15) is 11.1 Å². The summed E-state index contributed by atoms with van der Waals surface area (Å²) in [4.78, 5) is 13.7. The quantitative estimate of drug-likeness (QED) is 0.764. The fraction of sp³-hybridized carbons (Fsp3) is 0.438. The Kier molecular flexibility index (Phi) is 5.52. The van der Waals surface area contributed by atoms with E-state index in [0.717, 1.165) is 12.1 Å². The van der Waals surface area contributed by atoms with Crippen LogP contribution in [0.1, 0.15) is 22.2 Å². The van der Waals surface area contributed by atoms with Crippen molar-refractivity contribution >= 4 is 17.7 Å². The first-order valence-corrected chi connectivity index (χ1v) is 8.89. The number of aromatic nitrogens is 3. The van der Waals surface area contributed by atoms with E-state index in [1.54, 1.807) is 22.9 Å². The largest absolute Gasteiger partial charge is 0.416 e. The van der Waals surface area contributed by atoms with E-state index in [4.69, 9.17) is 4.74 Å². The summed E-state index contributed by atoms with van der Waals surface area (Å²) in [5.74, 6) is 0.398. The molecule has 1 aliphatic heterocycles. The van der Waals surface area contributed by atoms with Crippen molar-refractivity contribution in [1.82, 2.24) is 19.9 Å². The molecule has 1 amide bonds. The molecule has 10 heteroatoms. The number of rotatable bonds is 6. The van der Waals surface area contributed by atoms with Gasteiger partial charge in [-0.05, 0) is 17.7 Å². The second kappa shape index (κ2) is 7.67. The number of benzene rings is 1. The maximum Gasteiger partial charge on any atom is 0.416 e. The van der Waals surface area contributed by atoms with Crippen LogP contribution in [0.4, 0.5) is 13.2 Å². The van der Waals surface area contributed by atoms with Gasteiger partial charge in [0.05, 0.1) is 30.7 Å². The molecule has 0 saturated carbocycles. The summed E-state index contributed by atoms with van der Waals surface area (Å²) in [5, 5.41) is 7.93. The van der Waals surface area contributed by atoms with Gasteiger partial charge >= 0.3 is 6.18 Å². The summed E-state index contributed by atoms with van der Waals surface area (Å²) in [6, 6.07) is 4.93. The lowest BCUT2D eigenvalue weighted by atomic mass is 10.1. The average molecular weight is 386 g/mol. The summed E-state index contributed by atoms with van der Waals surface area (Å²) in [6.45, 7) is 1.20. The molecule has 1 atom stereocenters. The topological polar surface area (TPSA) is 60.2 Å². The smallest absolute Gasteiger partial charge is 0.383 e. The van der Waals surface area contributed by atoms with Crippen LogP contribution in [0.15, 0.2) is 30.5 Å². The van der Waals surface area contributed by atoms with Gasteiger partial charge in [0, 0.05) is 13.7 Å². The average Bonchev–Trinajstić information content (AvgIpc) is 3.19. The number of methoxy groups -OCH3 is 1. The van der Waals surface area contributed by atoms with Crippen LogP contribution in [0, 0.1) is 0 Å². The van der Waals surface area contributed by atoms with Crippen molar-refractivity contribution in [3.05, 3.63) is 47.3 Å². The molecule has 1 aromatic carbocycles. The molecule has 1 aromatic heterocycles. The lowest BCUT2D eigenvalue weighted by Crippen LogP contribution is -2.31. The maximum absolute atomic E-state index is 12.6. The Labute approximate surface area is 152 Å². The molecular weight excluding hydrogens is 369 g/mol. The van der Waals surface area contributed by atoms with E-state index >= 15 is 0 Å². The molecule has 6 nitrogen and oxygen atoms in total. The first-order valence-electron chi connectivity index (χ1n) is 7.84. The monoisotopic (exact) mass is 386 g/mol. The number of halogens is 3. The number of alkyl halides is 3. The van der Waals surface area contributed by atoms with E-state index in [-0.39, 0.29) is 11.3 Å². The Morgan fingerprint density at radius 3 is 2.69 bits per heavy atom. The number of hydrogen-bond donors (Lipinski definition) is 0. The Bertz CT molecular complexity index is 764. The van der Waals surface area contributed by atoms with Crippen LogP contribution in [0.3, 0.4) is 0 Å². The van der Waals surface area contributed by atoms with Crippen LogP contribution < -0.4 is 0 Å². The van der Waals surface area contributed by atoms with Gasteiger partial charge in [-0.3, -0.25) is 4.79 Å². The number of thioether (sulfide) groups is 1. The molecule has 1 saturated heterocycles. The standard InChI is InChI=1S/C16H17F3N4O2S/c1-25-7-6-23-14(24)10-26-15(23)13-9-22(21-20-13)8-11-2-4-12(5-3-11)16(17,18)19/h2-5,9,15H,6-8,10H2,1H3/t15-/m1/s1. The first-order chi connectivity index (χ1) is 12.4. The zero-order valence-corrected chi connectivity index (χ0v) is 14.8. The van der Waals surface area contributed by atoms with Crippen molar-refractivity contribution in [2.24, 2.45) is 0 Å². The van der Waals surface area contributed by atoms with Crippen molar-refractivity contribution in [2.75, 3.05) is 26.0 Å². The van der Waals surface area contributed by atoms with Gasteiger partial charge in [0.2, 0.25) is 5.91 Å². The Balaban J connectivity index is 1.69. The van der Waals surface area contributed by atoms with Crippen LogP contribution >= 0.6 is 11.8 Å². The SMILES string of the molecule is COCCN1C(=O)CS[C@@H]1c1cn(Cc2ccc(C(F)(F)F)cc2)nn1. The molecule has 0 radical (unpaired) electrons. The Hall–Kier alpha value is -2.07. The lowest BCUT2D eigenvalue weighted by molar-refractivity contribution is -0.137. The van der Waals surface area contributed by atoms with Gasteiger partial charge in [0.25, 0.3) is 0 Å². The molecule has 0 aliphatic carbocycles. The molecule has 140 valence electrons. The van der Waals surface area contributed by atoms with Crippen molar-refractivity contribution in [3.63, 3.8) is 0 Å². The molecule has 2 heterocycles. The van der Waals surface area contributed by atoms with Crippen molar-refractivity contribution in [3.8, 4) is 0 Å². The highest BCUT2D eigenvalue weighted by atomic mass is 32.2. The molecule has 26 heavy (non-hydrogen) atoms. The van der Waals surface area contributed by atoms with Crippen molar-refractivity contribution in [1.29, 1.82) is 0 Å². The molecule has 3 rings (SSSR count). The number of carbonyl (C=O) groups is 1. The molecule has 0 spiro atoms. The summed E-state index contributed by atoms with van der Waals surface area (Å²) >= 11 is 1.47. The number of ether oxygens (including phenoxy) is 1. The number of hydrogen-bond acceptors (Lipinski definition) is 5. The predicted octanol–water partition coefficient (Wildman–Crippen LogP) is 2.57. The van der Waals surface area contributed by atoms with Gasteiger partial charge in [-0.25, -0.2) is 4.68 Å². The summed E-state index contributed by atoms with van der Waals surface area (Å²) in [6.07, 6.45) is -2.63. The summed E-state index contributed by atoms with van der Waals surface area (Å²) in [5.41, 5.74) is 0.639. The minimum atomic E-state index is -4.35. The van der Waals surface area contributed by atoms with Crippen LogP contribution in [-0.4, -0.2) is 51.8 Å². The van der Waals surface area contributed by atoms with Crippen LogP contribution in [0.2, 0.25) is 0 Å². The van der Waals surface area contributed by atoms with E-state index in [0.29, 0.717) is 36.7 Å². The minimum Gasteiger partial charge on any atom is -0.383 e. The third-order valence-electron chi connectivity index (χ3n) is 3.94. The van der Waals surface area contributed by atoms with Crippen LogP contribution in [0.25, 0.3) is 0 Å². The highest BCUT2D eigenvalue weighted by Gasteiger charge is 2.34. The van der Waals surface area contributed by atoms with Gasteiger partial charge in [-0.2, -0.15) is 13.2 Å². The zero-order valence-electron chi connectivity index (χ0n) is 13.9. The van der Waals surface area contributed by atoms with Gasteiger partial charge in [-0.15, -0.1) is 16.9 Å². The zero-order chi connectivity index (χ0) is 18.7. The molecule has 0 N–H and O–H groups in total. The molecular formula is C16H17F3N4O2S. The molecule has 0 unspecified atom stereocenters.